The normalized spacial score (nSPS) is 18.5. The van der Waals surface area contributed by atoms with Crippen molar-refractivity contribution in [2.24, 2.45) is 0 Å². The van der Waals surface area contributed by atoms with E-state index in [2.05, 4.69) is 30.3 Å². The summed E-state index contributed by atoms with van der Waals surface area (Å²) in [6, 6.07) is 8.26. The van der Waals surface area contributed by atoms with Gasteiger partial charge in [0.25, 0.3) is 0 Å². The van der Waals surface area contributed by atoms with Crippen LogP contribution in [0.3, 0.4) is 0 Å². The molecule has 1 atom stereocenters. The Kier molecular flexibility index (Phi) is 7.52. The Morgan fingerprint density at radius 3 is 2.68 bits per heavy atom. The predicted molar refractivity (Wildman–Crippen MR) is 141 cm³/mol. The van der Waals surface area contributed by atoms with E-state index in [0.717, 1.165) is 44.8 Å². The van der Waals surface area contributed by atoms with Crippen LogP contribution in [0.15, 0.2) is 42.7 Å². The summed E-state index contributed by atoms with van der Waals surface area (Å²) in [6.07, 6.45) is 8.37. The number of hydrogen-bond acceptors (Lipinski definition) is 8. The van der Waals surface area contributed by atoms with Crippen molar-refractivity contribution in [1.82, 2.24) is 20.3 Å². The van der Waals surface area contributed by atoms with Crippen LogP contribution in [0.5, 0.6) is 11.6 Å². The van der Waals surface area contributed by atoms with E-state index in [1.165, 1.54) is 0 Å². The first-order chi connectivity index (χ1) is 17.9. The smallest absolute Gasteiger partial charge is 0.235 e. The summed E-state index contributed by atoms with van der Waals surface area (Å²) in [5.41, 5.74) is 1.79. The van der Waals surface area contributed by atoms with Gasteiger partial charge in [0.2, 0.25) is 21.9 Å². The highest BCUT2D eigenvalue weighted by atomic mass is 32.2. The first-order valence-corrected chi connectivity index (χ1v) is 14.2. The van der Waals surface area contributed by atoms with Gasteiger partial charge in [0.1, 0.15) is 0 Å². The molecule has 0 bridgehead atoms. The number of hydrogen-bond donors (Lipinski definition) is 3. The van der Waals surface area contributed by atoms with Crippen LogP contribution in [0, 0.1) is 12.7 Å². The van der Waals surface area contributed by atoms with Gasteiger partial charge >= 0.3 is 0 Å². The number of aryl methyl sites for hydroxylation is 1. The lowest BCUT2D eigenvalue weighted by atomic mass is 10.1. The van der Waals surface area contributed by atoms with Crippen LogP contribution < -0.4 is 20.1 Å². The van der Waals surface area contributed by atoms with Crippen molar-refractivity contribution in [3.05, 3.63) is 54.1 Å². The number of piperidine rings is 1. The van der Waals surface area contributed by atoms with Crippen LogP contribution in [0.1, 0.15) is 44.1 Å². The molecule has 1 aliphatic heterocycles. The van der Waals surface area contributed by atoms with Gasteiger partial charge < -0.3 is 15.4 Å². The molecule has 3 aromatic rings. The zero-order valence-corrected chi connectivity index (χ0v) is 21.5. The van der Waals surface area contributed by atoms with Crippen LogP contribution in [-0.4, -0.2) is 47.8 Å². The van der Waals surface area contributed by atoms with Crippen LogP contribution in [-0.2, 0) is 10.0 Å². The number of pyridine rings is 1. The van der Waals surface area contributed by atoms with Crippen molar-refractivity contribution in [2.75, 3.05) is 23.1 Å². The van der Waals surface area contributed by atoms with Gasteiger partial charge in [0, 0.05) is 31.0 Å². The van der Waals surface area contributed by atoms with Gasteiger partial charge in [-0.1, -0.05) is 12.8 Å². The number of aromatic nitrogens is 3. The summed E-state index contributed by atoms with van der Waals surface area (Å²) in [5, 5.41) is 6.28. The molecule has 2 aromatic heterocycles. The fourth-order valence-corrected chi connectivity index (χ4v) is 6.43. The molecule has 9 nitrogen and oxygen atoms in total. The Bertz CT molecular complexity index is 1330. The summed E-state index contributed by atoms with van der Waals surface area (Å²) < 4.78 is 49.0. The quantitative estimate of drug-likeness (QED) is 0.389. The number of nitrogens with zero attached hydrogens (tertiary/aromatic N) is 3. The van der Waals surface area contributed by atoms with Crippen molar-refractivity contribution in [3.63, 3.8) is 0 Å². The fraction of sp³-hybridized carbons (Fsp3) is 0.423. The van der Waals surface area contributed by atoms with Gasteiger partial charge in [-0.3, -0.25) is 4.72 Å². The second kappa shape index (κ2) is 11.0. The maximum atomic E-state index is 15.2. The number of ether oxygens (including phenoxy) is 1. The zero-order chi connectivity index (χ0) is 25.8. The zero-order valence-electron chi connectivity index (χ0n) is 20.7. The molecule has 3 heterocycles. The molecule has 2 aliphatic rings. The number of halogens is 1. The van der Waals surface area contributed by atoms with E-state index in [4.69, 9.17) is 4.74 Å². The van der Waals surface area contributed by atoms with Crippen molar-refractivity contribution < 1.29 is 17.5 Å². The maximum Gasteiger partial charge on any atom is 0.235 e. The molecule has 0 spiro atoms. The van der Waals surface area contributed by atoms with Crippen LogP contribution >= 0.6 is 0 Å². The first kappa shape index (κ1) is 25.3. The second-order valence-corrected chi connectivity index (χ2v) is 11.5. The van der Waals surface area contributed by atoms with Gasteiger partial charge in [0.15, 0.2) is 11.6 Å². The lowest BCUT2D eigenvalue weighted by Crippen LogP contribution is -2.38. The highest BCUT2D eigenvalue weighted by molar-refractivity contribution is 7.93. The van der Waals surface area contributed by atoms with Crippen molar-refractivity contribution in [2.45, 2.75) is 56.7 Å². The van der Waals surface area contributed by atoms with Crippen LogP contribution in [0.25, 0.3) is 11.3 Å². The van der Waals surface area contributed by atoms with E-state index in [9.17, 15) is 8.42 Å². The molecular formula is C26H31FN6O3S. The molecule has 1 saturated heterocycles. The molecule has 0 radical (unpaired) electrons. The van der Waals surface area contributed by atoms with Crippen molar-refractivity contribution >= 4 is 21.7 Å². The van der Waals surface area contributed by atoms with E-state index in [1.807, 2.05) is 0 Å². The van der Waals surface area contributed by atoms with Gasteiger partial charge in [-0.05, 0) is 69.0 Å². The Morgan fingerprint density at radius 2 is 1.92 bits per heavy atom. The van der Waals surface area contributed by atoms with E-state index >= 15 is 4.39 Å². The van der Waals surface area contributed by atoms with E-state index in [1.54, 1.807) is 43.6 Å². The molecule has 1 aliphatic carbocycles. The molecule has 196 valence electrons. The molecule has 5 rings (SSSR count). The average molecular weight is 527 g/mol. The SMILES string of the molecule is Cc1cc(NS(=O)(=O)C2CCCC2)cc(F)c1Oc1ncccc1-c1ccnc(N[C@H]2CCCNC2)n1. The minimum absolute atomic E-state index is 0.0237. The summed E-state index contributed by atoms with van der Waals surface area (Å²) in [5.74, 6) is -0.0185. The Hall–Kier alpha value is -3.31. The van der Waals surface area contributed by atoms with Gasteiger partial charge in [-0.15, -0.1) is 0 Å². The largest absolute Gasteiger partial charge is 0.435 e. The minimum Gasteiger partial charge on any atom is -0.435 e. The van der Waals surface area contributed by atoms with Crippen molar-refractivity contribution in [1.29, 1.82) is 0 Å². The van der Waals surface area contributed by atoms with Gasteiger partial charge in [0.05, 0.1) is 22.2 Å². The Balaban J connectivity index is 1.37. The van der Waals surface area contributed by atoms with E-state index < -0.39 is 21.1 Å². The highest BCUT2D eigenvalue weighted by Gasteiger charge is 2.29. The van der Waals surface area contributed by atoms with Crippen LogP contribution in [0.2, 0.25) is 0 Å². The molecule has 0 amide bonds. The summed E-state index contributed by atoms with van der Waals surface area (Å²) in [7, 11) is -3.57. The van der Waals surface area contributed by atoms with E-state index in [-0.39, 0.29) is 23.4 Å². The van der Waals surface area contributed by atoms with Gasteiger partial charge in [-0.2, -0.15) is 0 Å². The minimum atomic E-state index is -3.57. The topological polar surface area (TPSA) is 118 Å². The average Bonchev–Trinajstić information content (AvgIpc) is 3.44. The number of rotatable bonds is 8. The Morgan fingerprint density at radius 1 is 1.08 bits per heavy atom. The lowest BCUT2D eigenvalue weighted by molar-refractivity contribution is 0.426. The third-order valence-electron chi connectivity index (χ3n) is 6.76. The number of sulfonamides is 1. The van der Waals surface area contributed by atoms with E-state index in [0.29, 0.717) is 35.6 Å². The second-order valence-electron chi connectivity index (χ2n) is 9.57. The van der Waals surface area contributed by atoms with Gasteiger partial charge in [-0.25, -0.2) is 27.8 Å². The first-order valence-electron chi connectivity index (χ1n) is 12.6. The standard InChI is InChI=1S/C26H31FN6O3S/c1-17-14-19(33-37(34,35)20-7-2-3-8-20)15-22(27)24(17)36-25-21(9-5-12-29-25)23-10-13-30-26(32-23)31-18-6-4-11-28-16-18/h5,9-10,12-15,18,20,28,33H,2-4,6-8,11,16H2,1H3,(H,30,31,32)/t18-/m0/s1. The highest BCUT2D eigenvalue weighted by Crippen LogP contribution is 2.35. The number of nitrogens with one attached hydrogen (secondary N) is 3. The molecular weight excluding hydrogens is 495 g/mol. The number of anilines is 2. The molecule has 2 fully saturated rings. The molecule has 1 saturated carbocycles. The maximum absolute atomic E-state index is 15.2. The number of benzene rings is 1. The summed E-state index contributed by atoms with van der Waals surface area (Å²) in [6.45, 7) is 3.53. The summed E-state index contributed by atoms with van der Waals surface area (Å²) in [4.78, 5) is 13.3. The van der Waals surface area contributed by atoms with Crippen LogP contribution in [0.4, 0.5) is 16.0 Å². The molecule has 1 aromatic carbocycles. The third-order valence-corrected chi connectivity index (χ3v) is 8.63. The molecule has 37 heavy (non-hydrogen) atoms. The predicted octanol–water partition coefficient (Wildman–Crippen LogP) is 4.63. The summed E-state index contributed by atoms with van der Waals surface area (Å²) >= 11 is 0. The molecule has 11 heteroatoms. The molecule has 0 unspecified atom stereocenters. The Labute approximate surface area is 216 Å². The molecule has 3 N–H and O–H groups in total. The van der Waals surface area contributed by atoms with Crippen molar-refractivity contribution in [3.8, 4) is 22.9 Å². The lowest BCUT2D eigenvalue weighted by Gasteiger charge is -2.23. The third kappa shape index (κ3) is 5.99. The fourth-order valence-electron chi connectivity index (χ4n) is 4.86. The monoisotopic (exact) mass is 526 g/mol.